The number of hydrogen-bond acceptors (Lipinski definition) is 3. The molecule has 2 rings (SSSR count). The summed E-state index contributed by atoms with van der Waals surface area (Å²) in [6.07, 6.45) is 1.21. The van der Waals surface area contributed by atoms with Gasteiger partial charge in [0.25, 0.3) is 0 Å². The lowest BCUT2D eigenvalue weighted by atomic mass is 10.3. The number of methoxy groups -OCH3 is 1. The zero-order valence-electron chi connectivity index (χ0n) is 8.92. The van der Waals surface area contributed by atoms with E-state index in [4.69, 9.17) is 21.4 Å². The fraction of sp³-hybridized carbons (Fsp3) is 0.0909. The molecule has 0 fully saturated rings. The van der Waals surface area contributed by atoms with Gasteiger partial charge in [-0.2, -0.15) is 5.10 Å². The van der Waals surface area contributed by atoms with Gasteiger partial charge in [-0.15, -0.1) is 0 Å². The van der Waals surface area contributed by atoms with E-state index >= 15 is 0 Å². The SMILES string of the molecule is COc1cccc(-n2ncc(C(=O)O)c2Cl)c1. The van der Waals surface area contributed by atoms with E-state index in [1.807, 2.05) is 0 Å². The van der Waals surface area contributed by atoms with E-state index in [-0.39, 0.29) is 10.7 Å². The molecule has 5 nitrogen and oxygen atoms in total. The van der Waals surface area contributed by atoms with Gasteiger partial charge >= 0.3 is 5.97 Å². The molecule has 0 saturated carbocycles. The maximum atomic E-state index is 10.8. The van der Waals surface area contributed by atoms with Crippen LogP contribution in [-0.2, 0) is 0 Å². The first-order chi connectivity index (χ1) is 8.13. The standard InChI is InChI=1S/C11H9ClN2O3/c1-17-8-4-2-3-7(5-8)14-10(12)9(6-13-14)11(15)16/h2-6H,1H3,(H,15,16). The summed E-state index contributed by atoms with van der Waals surface area (Å²) in [5, 5.41) is 12.9. The van der Waals surface area contributed by atoms with Crippen molar-refractivity contribution in [3.05, 3.63) is 41.2 Å². The smallest absolute Gasteiger partial charge is 0.340 e. The molecule has 0 radical (unpaired) electrons. The van der Waals surface area contributed by atoms with Crippen LogP contribution in [-0.4, -0.2) is 28.0 Å². The van der Waals surface area contributed by atoms with E-state index in [1.165, 1.54) is 10.9 Å². The quantitative estimate of drug-likeness (QED) is 0.910. The molecule has 0 aliphatic carbocycles. The summed E-state index contributed by atoms with van der Waals surface area (Å²) in [6.45, 7) is 0. The third-order valence-corrected chi connectivity index (χ3v) is 2.60. The Morgan fingerprint density at radius 1 is 1.53 bits per heavy atom. The number of carboxylic acids is 1. The Labute approximate surface area is 102 Å². The number of carbonyl (C=O) groups is 1. The maximum absolute atomic E-state index is 10.8. The average molecular weight is 253 g/mol. The van der Waals surface area contributed by atoms with Gasteiger partial charge in [-0.05, 0) is 12.1 Å². The van der Waals surface area contributed by atoms with Crippen LogP contribution in [0, 0.1) is 0 Å². The van der Waals surface area contributed by atoms with Crippen molar-refractivity contribution in [2.75, 3.05) is 7.11 Å². The van der Waals surface area contributed by atoms with Gasteiger partial charge in [0.05, 0.1) is 19.0 Å². The molecule has 1 aromatic carbocycles. The number of aromatic nitrogens is 2. The summed E-state index contributed by atoms with van der Waals surface area (Å²) in [4.78, 5) is 10.8. The molecule has 1 heterocycles. The normalized spacial score (nSPS) is 10.2. The van der Waals surface area contributed by atoms with Crippen molar-refractivity contribution in [2.24, 2.45) is 0 Å². The van der Waals surface area contributed by atoms with Crippen molar-refractivity contribution in [1.29, 1.82) is 0 Å². The first-order valence-electron chi connectivity index (χ1n) is 4.74. The Morgan fingerprint density at radius 3 is 2.88 bits per heavy atom. The van der Waals surface area contributed by atoms with E-state index in [9.17, 15) is 4.79 Å². The first-order valence-corrected chi connectivity index (χ1v) is 5.12. The molecule has 0 unspecified atom stereocenters. The van der Waals surface area contributed by atoms with Gasteiger partial charge in [-0.1, -0.05) is 17.7 Å². The maximum Gasteiger partial charge on any atom is 0.340 e. The van der Waals surface area contributed by atoms with E-state index in [2.05, 4.69) is 5.10 Å². The topological polar surface area (TPSA) is 64.4 Å². The number of hydrogen-bond donors (Lipinski definition) is 1. The molecule has 1 N–H and O–H groups in total. The van der Waals surface area contributed by atoms with Gasteiger partial charge in [0.15, 0.2) is 0 Å². The van der Waals surface area contributed by atoms with Crippen LogP contribution in [0.3, 0.4) is 0 Å². The van der Waals surface area contributed by atoms with Crippen LogP contribution in [0.25, 0.3) is 5.69 Å². The molecule has 0 atom stereocenters. The van der Waals surface area contributed by atoms with Crippen LogP contribution in [0.4, 0.5) is 0 Å². The Hall–Kier alpha value is -2.01. The van der Waals surface area contributed by atoms with Gasteiger partial charge in [-0.25, -0.2) is 9.48 Å². The van der Waals surface area contributed by atoms with Gasteiger partial charge in [0, 0.05) is 6.07 Å². The van der Waals surface area contributed by atoms with Crippen LogP contribution in [0.15, 0.2) is 30.5 Å². The Bertz CT molecular complexity index is 566. The minimum Gasteiger partial charge on any atom is -0.497 e. The van der Waals surface area contributed by atoms with Crippen molar-refractivity contribution >= 4 is 17.6 Å². The predicted molar refractivity (Wildman–Crippen MR) is 62.1 cm³/mol. The molecule has 0 amide bonds. The highest BCUT2D eigenvalue weighted by Crippen LogP contribution is 2.22. The molecule has 6 heteroatoms. The summed E-state index contributed by atoms with van der Waals surface area (Å²) in [5.74, 6) is -0.463. The molecule has 17 heavy (non-hydrogen) atoms. The third-order valence-electron chi connectivity index (χ3n) is 2.24. The van der Waals surface area contributed by atoms with Gasteiger partial charge in [-0.3, -0.25) is 0 Å². The molecular weight excluding hydrogens is 244 g/mol. The minimum atomic E-state index is -1.11. The Morgan fingerprint density at radius 2 is 2.29 bits per heavy atom. The third kappa shape index (κ3) is 2.09. The number of nitrogens with zero attached hydrogens (tertiary/aromatic N) is 2. The molecule has 88 valence electrons. The van der Waals surface area contributed by atoms with Crippen molar-refractivity contribution in [3.8, 4) is 11.4 Å². The van der Waals surface area contributed by atoms with E-state index in [0.29, 0.717) is 11.4 Å². The summed E-state index contributed by atoms with van der Waals surface area (Å²) >= 11 is 5.93. The lowest BCUT2D eigenvalue weighted by Gasteiger charge is -2.05. The number of aromatic carboxylic acids is 1. The van der Waals surface area contributed by atoms with Gasteiger partial charge < -0.3 is 9.84 Å². The van der Waals surface area contributed by atoms with E-state index < -0.39 is 5.97 Å². The molecule has 2 aromatic rings. The second-order valence-electron chi connectivity index (χ2n) is 3.27. The zero-order chi connectivity index (χ0) is 12.4. The number of halogens is 1. The molecule has 1 aromatic heterocycles. The fourth-order valence-corrected chi connectivity index (χ4v) is 1.67. The fourth-order valence-electron chi connectivity index (χ4n) is 1.40. The Kier molecular flexibility index (Phi) is 3.01. The lowest BCUT2D eigenvalue weighted by molar-refractivity contribution is 0.0697. The van der Waals surface area contributed by atoms with E-state index in [1.54, 1.807) is 31.4 Å². The predicted octanol–water partition coefficient (Wildman–Crippen LogP) is 2.23. The Balaban J connectivity index is 2.49. The molecule has 0 aliphatic rings. The molecular formula is C11H9ClN2O3. The summed E-state index contributed by atoms with van der Waals surface area (Å²) in [7, 11) is 1.55. The summed E-state index contributed by atoms with van der Waals surface area (Å²) in [6, 6.07) is 7.02. The van der Waals surface area contributed by atoms with Crippen LogP contribution >= 0.6 is 11.6 Å². The van der Waals surface area contributed by atoms with Crippen molar-refractivity contribution in [1.82, 2.24) is 9.78 Å². The van der Waals surface area contributed by atoms with Crippen LogP contribution < -0.4 is 4.74 Å². The summed E-state index contributed by atoms with van der Waals surface area (Å²) < 4.78 is 6.41. The number of carboxylic acid groups (broad SMARTS) is 1. The number of rotatable bonds is 3. The second-order valence-corrected chi connectivity index (χ2v) is 3.63. The highest BCUT2D eigenvalue weighted by Gasteiger charge is 2.15. The zero-order valence-corrected chi connectivity index (χ0v) is 9.68. The second kappa shape index (κ2) is 4.47. The van der Waals surface area contributed by atoms with Crippen LogP contribution in [0.2, 0.25) is 5.15 Å². The molecule has 0 spiro atoms. The number of ether oxygens (including phenoxy) is 1. The minimum absolute atomic E-state index is 0.0329. The monoisotopic (exact) mass is 252 g/mol. The van der Waals surface area contributed by atoms with Crippen LogP contribution in [0.5, 0.6) is 5.75 Å². The van der Waals surface area contributed by atoms with Crippen molar-refractivity contribution in [2.45, 2.75) is 0 Å². The van der Waals surface area contributed by atoms with Crippen molar-refractivity contribution < 1.29 is 14.6 Å². The lowest BCUT2D eigenvalue weighted by Crippen LogP contribution is -1.99. The highest BCUT2D eigenvalue weighted by molar-refractivity contribution is 6.32. The average Bonchev–Trinajstić information content (AvgIpc) is 2.71. The van der Waals surface area contributed by atoms with Gasteiger partial charge in [0.1, 0.15) is 16.5 Å². The highest BCUT2D eigenvalue weighted by atomic mass is 35.5. The molecule has 0 aliphatic heterocycles. The van der Waals surface area contributed by atoms with Crippen LogP contribution in [0.1, 0.15) is 10.4 Å². The number of benzene rings is 1. The molecule has 0 saturated heterocycles. The van der Waals surface area contributed by atoms with Gasteiger partial charge in [0.2, 0.25) is 0 Å². The summed E-state index contributed by atoms with van der Waals surface area (Å²) in [5.41, 5.74) is 0.608. The molecule has 0 bridgehead atoms. The largest absolute Gasteiger partial charge is 0.497 e. The van der Waals surface area contributed by atoms with Crippen molar-refractivity contribution in [3.63, 3.8) is 0 Å². The van der Waals surface area contributed by atoms with E-state index in [0.717, 1.165) is 0 Å². The first kappa shape index (κ1) is 11.5.